The van der Waals surface area contributed by atoms with Gasteiger partial charge in [0.1, 0.15) is 11.5 Å². The Morgan fingerprint density at radius 3 is 2.58 bits per heavy atom. The fourth-order valence-electron chi connectivity index (χ4n) is 2.06. The topological polar surface area (TPSA) is 47.6 Å². The molecule has 1 aliphatic carbocycles. The lowest BCUT2D eigenvalue weighted by Gasteiger charge is -2.13. The molecule has 0 spiro atoms. The van der Waals surface area contributed by atoms with Gasteiger partial charge in [-0.25, -0.2) is 0 Å². The van der Waals surface area contributed by atoms with Crippen LogP contribution in [0.2, 0.25) is 0 Å². The first-order chi connectivity index (χ1) is 9.15. The van der Waals surface area contributed by atoms with E-state index < -0.39 is 0 Å². The second-order valence-electron chi connectivity index (χ2n) is 4.83. The van der Waals surface area contributed by atoms with Gasteiger partial charge in [0.05, 0.1) is 18.9 Å². The SMILES string of the molecule is CCOc1ccc(OCC)c(NC(=O)[C@H]2C[C@H]2C)c1. The van der Waals surface area contributed by atoms with Gasteiger partial charge >= 0.3 is 0 Å². The van der Waals surface area contributed by atoms with E-state index in [9.17, 15) is 4.79 Å². The predicted octanol–water partition coefficient (Wildman–Crippen LogP) is 3.08. The Balaban J connectivity index is 2.14. The summed E-state index contributed by atoms with van der Waals surface area (Å²) >= 11 is 0. The Labute approximate surface area is 114 Å². The molecule has 2 atom stereocenters. The highest BCUT2D eigenvalue weighted by molar-refractivity contribution is 5.95. The zero-order valence-electron chi connectivity index (χ0n) is 11.7. The molecule has 2 rings (SSSR count). The Morgan fingerprint density at radius 1 is 1.32 bits per heavy atom. The van der Waals surface area contributed by atoms with Gasteiger partial charge in [0.15, 0.2) is 0 Å². The highest BCUT2D eigenvalue weighted by atomic mass is 16.5. The highest BCUT2D eigenvalue weighted by Crippen LogP contribution is 2.39. The molecule has 19 heavy (non-hydrogen) atoms. The van der Waals surface area contributed by atoms with Crippen molar-refractivity contribution in [1.29, 1.82) is 0 Å². The van der Waals surface area contributed by atoms with Gasteiger partial charge in [0.25, 0.3) is 0 Å². The van der Waals surface area contributed by atoms with Crippen LogP contribution in [-0.4, -0.2) is 19.1 Å². The van der Waals surface area contributed by atoms with Crippen LogP contribution in [0.3, 0.4) is 0 Å². The minimum atomic E-state index is 0.0714. The van der Waals surface area contributed by atoms with Crippen LogP contribution in [0, 0.1) is 11.8 Å². The van der Waals surface area contributed by atoms with Crippen LogP contribution < -0.4 is 14.8 Å². The van der Waals surface area contributed by atoms with Crippen LogP contribution in [0.1, 0.15) is 27.2 Å². The number of hydrogen-bond acceptors (Lipinski definition) is 3. The normalized spacial score (nSPS) is 20.8. The zero-order valence-corrected chi connectivity index (χ0v) is 11.7. The van der Waals surface area contributed by atoms with E-state index in [0.717, 1.165) is 12.2 Å². The lowest BCUT2D eigenvalue weighted by Crippen LogP contribution is -2.15. The first-order valence-electron chi connectivity index (χ1n) is 6.86. The first-order valence-corrected chi connectivity index (χ1v) is 6.86. The van der Waals surface area contributed by atoms with Gasteiger partial charge in [-0.1, -0.05) is 6.92 Å². The molecule has 1 N–H and O–H groups in total. The van der Waals surface area contributed by atoms with Crippen molar-refractivity contribution in [3.05, 3.63) is 18.2 Å². The van der Waals surface area contributed by atoms with Crippen molar-refractivity contribution < 1.29 is 14.3 Å². The van der Waals surface area contributed by atoms with Gasteiger partial charge in [0, 0.05) is 12.0 Å². The van der Waals surface area contributed by atoms with Crippen molar-refractivity contribution in [2.75, 3.05) is 18.5 Å². The third kappa shape index (κ3) is 3.40. The summed E-state index contributed by atoms with van der Waals surface area (Å²) in [7, 11) is 0. The lowest BCUT2D eigenvalue weighted by molar-refractivity contribution is -0.117. The number of hydrogen-bond donors (Lipinski definition) is 1. The number of carbonyl (C=O) groups is 1. The fraction of sp³-hybridized carbons (Fsp3) is 0.533. The van der Waals surface area contributed by atoms with Gasteiger partial charge in [-0.15, -0.1) is 0 Å². The third-order valence-electron chi connectivity index (χ3n) is 3.27. The number of rotatable bonds is 6. The van der Waals surface area contributed by atoms with Crippen molar-refractivity contribution in [3.63, 3.8) is 0 Å². The largest absolute Gasteiger partial charge is 0.494 e. The standard InChI is InChI=1S/C15H21NO3/c1-4-18-11-6-7-14(19-5-2)13(9-11)16-15(17)12-8-10(12)3/h6-7,9-10,12H,4-5,8H2,1-3H3,(H,16,17)/t10-,12+/m1/s1. The van der Waals surface area contributed by atoms with Crippen molar-refractivity contribution in [2.45, 2.75) is 27.2 Å². The van der Waals surface area contributed by atoms with E-state index in [4.69, 9.17) is 9.47 Å². The molecule has 0 heterocycles. The average Bonchev–Trinajstić information content (AvgIpc) is 3.10. The number of benzene rings is 1. The molecule has 4 nitrogen and oxygen atoms in total. The molecule has 104 valence electrons. The molecular weight excluding hydrogens is 242 g/mol. The van der Waals surface area contributed by atoms with Crippen LogP contribution >= 0.6 is 0 Å². The molecular formula is C15H21NO3. The average molecular weight is 263 g/mol. The van der Waals surface area contributed by atoms with E-state index in [1.165, 1.54) is 0 Å². The van der Waals surface area contributed by atoms with Gasteiger partial charge < -0.3 is 14.8 Å². The summed E-state index contributed by atoms with van der Waals surface area (Å²) in [5.74, 6) is 2.13. The van der Waals surface area contributed by atoms with Crippen molar-refractivity contribution in [1.82, 2.24) is 0 Å². The van der Waals surface area contributed by atoms with Crippen LogP contribution in [0.4, 0.5) is 5.69 Å². The van der Waals surface area contributed by atoms with Crippen molar-refractivity contribution in [2.24, 2.45) is 11.8 Å². The molecule has 0 unspecified atom stereocenters. The van der Waals surface area contributed by atoms with E-state index in [2.05, 4.69) is 12.2 Å². The summed E-state index contributed by atoms with van der Waals surface area (Å²) in [6, 6.07) is 5.50. The number of ether oxygens (including phenoxy) is 2. The Kier molecular flexibility index (Phi) is 4.30. The summed E-state index contributed by atoms with van der Waals surface area (Å²) in [6.07, 6.45) is 0.973. The minimum Gasteiger partial charge on any atom is -0.494 e. The maximum absolute atomic E-state index is 12.0. The van der Waals surface area contributed by atoms with Crippen LogP contribution in [0.25, 0.3) is 0 Å². The molecule has 1 aliphatic rings. The Bertz CT molecular complexity index is 459. The number of anilines is 1. The van der Waals surface area contributed by atoms with E-state index in [0.29, 0.717) is 30.6 Å². The summed E-state index contributed by atoms with van der Waals surface area (Å²) < 4.78 is 11.0. The van der Waals surface area contributed by atoms with Crippen LogP contribution in [-0.2, 0) is 4.79 Å². The summed E-state index contributed by atoms with van der Waals surface area (Å²) in [5.41, 5.74) is 0.692. The van der Waals surface area contributed by atoms with Gasteiger partial charge in [0.2, 0.25) is 5.91 Å². The Morgan fingerprint density at radius 2 is 2.00 bits per heavy atom. The summed E-state index contributed by atoms with van der Waals surface area (Å²) in [5, 5.41) is 2.94. The maximum atomic E-state index is 12.0. The van der Waals surface area contributed by atoms with Crippen molar-refractivity contribution >= 4 is 11.6 Å². The van der Waals surface area contributed by atoms with Crippen LogP contribution in [0.5, 0.6) is 11.5 Å². The smallest absolute Gasteiger partial charge is 0.227 e. The molecule has 1 aromatic carbocycles. The van der Waals surface area contributed by atoms with Gasteiger partial charge in [-0.05, 0) is 38.3 Å². The highest BCUT2D eigenvalue weighted by Gasteiger charge is 2.39. The molecule has 0 bridgehead atoms. The molecule has 1 fully saturated rings. The minimum absolute atomic E-state index is 0.0714. The lowest BCUT2D eigenvalue weighted by atomic mass is 10.2. The number of nitrogens with one attached hydrogen (secondary N) is 1. The fourth-order valence-corrected chi connectivity index (χ4v) is 2.06. The molecule has 0 aromatic heterocycles. The number of amides is 1. The molecule has 1 saturated carbocycles. The van der Waals surface area contributed by atoms with E-state index in [-0.39, 0.29) is 11.8 Å². The van der Waals surface area contributed by atoms with Crippen molar-refractivity contribution in [3.8, 4) is 11.5 Å². The van der Waals surface area contributed by atoms with Crippen LogP contribution in [0.15, 0.2) is 18.2 Å². The van der Waals surface area contributed by atoms with Gasteiger partial charge in [-0.2, -0.15) is 0 Å². The monoisotopic (exact) mass is 263 g/mol. The third-order valence-corrected chi connectivity index (χ3v) is 3.27. The van der Waals surface area contributed by atoms with Gasteiger partial charge in [-0.3, -0.25) is 4.79 Å². The Hall–Kier alpha value is -1.71. The summed E-state index contributed by atoms with van der Waals surface area (Å²) in [6.45, 7) is 7.10. The second kappa shape index (κ2) is 5.95. The molecule has 1 amide bonds. The predicted molar refractivity (Wildman–Crippen MR) is 74.7 cm³/mol. The maximum Gasteiger partial charge on any atom is 0.227 e. The molecule has 0 aliphatic heterocycles. The molecule has 0 saturated heterocycles. The van der Waals surface area contributed by atoms with E-state index in [1.807, 2.05) is 32.0 Å². The van der Waals surface area contributed by atoms with E-state index >= 15 is 0 Å². The quantitative estimate of drug-likeness (QED) is 0.858. The molecule has 1 aromatic rings. The first kappa shape index (κ1) is 13.7. The zero-order chi connectivity index (χ0) is 13.8. The summed E-state index contributed by atoms with van der Waals surface area (Å²) in [4.78, 5) is 12.0. The number of carbonyl (C=O) groups excluding carboxylic acids is 1. The van der Waals surface area contributed by atoms with E-state index in [1.54, 1.807) is 0 Å². The molecule has 4 heteroatoms. The molecule has 0 radical (unpaired) electrons. The second-order valence-corrected chi connectivity index (χ2v) is 4.83.